The van der Waals surface area contributed by atoms with Gasteiger partial charge in [-0.15, -0.1) is 0 Å². The summed E-state index contributed by atoms with van der Waals surface area (Å²) < 4.78 is 37.0. The van der Waals surface area contributed by atoms with Gasteiger partial charge in [-0.2, -0.15) is 13.2 Å². The number of nitrogens with one attached hydrogen (secondary N) is 1. The summed E-state index contributed by atoms with van der Waals surface area (Å²) in [6.45, 7) is 1.96. The third-order valence-electron chi connectivity index (χ3n) is 2.67. The number of nitrogen functional groups attached to an aromatic ring is 1. The Morgan fingerprint density at radius 2 is 2.05 bits per heavy atom. The summed E-state index contributed by atoms with van der Waals surface area (Å²) in [6.07, 6.45) is -4.40. The average molecular weight is 275 g/mol. The number of anilines is 1. The van der Waals surface area contributed by atoms with Crippen molar-refractivity contribution in [2.75, 3.05) is 18.5 Å². The van der Waals surface area contributed by atoms with Crippen molar-refractivity contribution >= 4 is 11.6 Å². The highest BCUT2D eigenvalue weighted by atomic mass is 19.4. The Hall–Kier alpha value is -1.76. The van der Waals surface area contributed by atoms with Gasteiger partial charge in [0.05, 0.1) is 5.69 Å². The predicted octanol–water partition coefficient (Wildman–Crippen LogP) is 2.31. The first kappa shape index (κ1) is 15.3. The molecule has 0 fully saturated rings. The Kier molecular flexibility index (Phi) is 4.77. The Balaban J connectivity index is 2.95. The third kappa shape index (κ3) is 4.13. The molecule has 0 aliphatic carbocycles. The third-order valence-corrected chi connectivity index (χ3v) is 2.67. The number of hydrogen-bond acceptors (Lipinski definition) is 3. The maximum Gasteiger partial charge on any atom is 0.406 e. The molecule has 1 amide bonds. The molecule has 1 aromatic carbocycles. The van der Waals surface area contributed by atoms with Gasteiger partial charge in [0.1, 0.15) is 6.54 Å². The lowest BCUT2D eigenvalue weighted by Gasteiger charge is -2.22. The van der Waals surface area contributed by atoms with E-state index >= 15 is 0 Å². The van der Waals surface area contributed by atoms with E-state index in [1.165, 1.54) is 19.1 Å². The van der Waals surface area contributed by atoms with Crippen molar-refractivity contribution in [2.24, 2.45) is 5.84 Å². The van der Waals surface area contributed by atoms with Gasteiger partial charge in [-0.05, 0) is 37.6 Å². The van der Waals surface area contributed by atoms with Crippen LogP contribution in [0.15, 0.2) is 18.2 Å². The number of aryl methyl sites for hydroxylation is 1. The van der Waals surface area contributed by atoms with Crippen LogP contribution in [0.3, 0.4) is 0 Å². The number of hydrazine groups is 1. The van der Waals surface area contributed by atoms with Crippen LogP contribution in [0, 0.1) is 6.92 Å². The molecule has 1 rings (SSSR count). The highest BCUT2D eigenvalue weighted by Gasteiger charge is 2.32. The molecule has 0 aliphatic rings. The molecule has 7 heteroatoms. The Labute approximate surface area is 109 Å². The number of halogens is 3. The van der Waals surface area contributed by atoms with E-state index in [1.807, 2.05) is 0 Å². The van der Waals surface area contributed by atoms with E-state index in [1.54, 1.807) is 13.0 Å². The molecular formula is C12H16F3N3O. The van der Waals surface area contributed by atoms with Gasteiger partial charge in [-0.1, -0.05) is 0 Å². The molecule has 0 aliphatic heterocycles. The number of nitrogens with two attached hydrogens (primary N) is 1. The molecule has 1 aromatic rings. The number of carbonyl (C=O) groups excluding carboxylic acids is 1. The van der Waals surface area contributed by atoms with Gasteiger partial charge in [0.2, 0.25) is 0 Å². The molecule has 4 nitrogen and oxygen atoms in total. The summed E-state index contributed by atoms with van der Waals surface area (Å²) >= 11 is 0. The van der Waals surface area contributed by atoms with E-state index in [4.69, 9.17) is 5.84 Å². The molecule has 0 aromatic heterocycles. The summed E-state index contributed by atoms with van der Waals surface area (Å²) in [5.74, 6) is 4.61. The molecular weight excluding hydrogens is 259 g/mol. The first-order valence-electron chi connectivity index (χ1n) is 5.71. The second kappa shape index (κ2) is 5.92. The number of amides is 1. The lowest BCUT2D eigenvalue weighted by Crippen LogP contribution is -2.38. The van der Waals surface area contributed by atoms with Crippen LogP contribution >= 0.6 is 0 Å². The molecule has 0 radical (unpaired) electrons. The van der Waals surface area contributed by atoms with Crippen molar-refractivity contribution in [3.63, 3.8) is 0 Å². The summed E-state index contributed by atoms with van der Waals surface area (Å²) in [5.41, 5.74) is 3.96. The van der Waals surface area contributed by atoms with E-state index in [0.29, 0.717) is 11.3 Å². The zero-order valence-electron chi connectivity index (χ0n) is 10.7. The SMILES string of the molecule is CCN(CC(F)(F)F)C(=O)c1ccc(NN)c(C)c1. The first-order chi connectivity index (χ1) is 8.78. The van der Waals surface area contributed by atoms with Gasteiger partial charge in [-0.25, -0.2) is 0 Å². The smallest absolute Gasteiger partial charge is 0.330 e. The molecule has 0 spiro atoms. The van der Waals surface area contributed by atoms with Crippen LogP contribution in [0.1, 0.15) is 22.8 Å². The van der Waals surface area contributed by atoms with Crippen molar-refractivity contribution < 1.29 is 18.0 Å². The van der Waals surface area contributed by atoms with Crippen LogP contribution in [0.2, 0.25) is 0 Å². The molecule has 106 valence electrons. The lowest BCUT2D eigenvalue weighted by atomic mass is 10.1. The minimum Gasteiger partial charge on any atom is -0.330 e. The largest absolute Gasteiger partial charge is 0.406 e. The molecule has 0 bridgehead atoms. The standard InChI is InChI=1S/C12H16F3N3O/c1-3-18(7-12(13,14)15)11(19)9-4-5-10(17-16)8(2)6-9/h4-6,17H,3,7,16H2,1-2H3. The number of nitrogens with zero attached hydrogens (tertiary/aromatic N) is 1. The van der Waals surface area contributed by atoms with Crippen LogP contribution in [-0.2, 0) is 0 Å². The van der Waals surface area contributed by atoms with Crippen molar-refractivity contribution in [1.29, 1.82) is 0 Å². The number of carbonyl (C=O) groups is 1. The predicted molar refractivity (Wildman–Crippen MR) is 66.6 cm³/mol. The summed E-state index contributed by atoms with van der Waals surface area (Å²) in [5, 5.41) is 0. The zero-order valence-corrected chi connectivity index (χ0v) is 10.7. The molecule has 3 N–H and O–H groups in total. The maximum atomic E-state index is 12.3. The van der Waals surface area contributed by atoms with Crippen molar-refractivity contribution in [2.45, 2.75) is 20.0 Å². The van der Waals surface area contributed by atoms with Gasteiger partial charge in [-0.3, -0.25) is 10.6 Å². The minimum atomic E-state index is -4.40. The fourth-order valence-corrected chi connectivity index (χ4v) is 1.68. The van der Waals surface area contributed by atoms with Crippen molar-refractivity contribution in [3.05, 3.63) is 29.3 Å². The van der Waals surface area contributed by atoms with Crippen LogP contribution in [-0.4, -0.2) is 30.1 Å². The van der Waals surface area contributed by atoms with Gasteiger partial charge >= 0.3 is 6.18 Å². The van der Waals surface area contributed by atoms with Crippen LogP contribution in [0.25, 0.3) is 0 Å². The van der Waals surface area contributed by atoms with Crippen molar-refractivity contribution in [1.82, 2.24) is 4.90 Å². The molecule has 0 atom stereocenters. The quantitative estimate of drug-likeness (QED) is 0.655. The van der Waals surface area contributed by atoms with Gasteiger partial charge in [0.15, 0.2) is 0 Å². The monoisotopic (exact) mass is 275 g/mol. The van der Waals surface area contributed by atoms with E-state index < -0.39 is 18.6 Å². The van der Waals surface area contributed by atoms with E-state index in [2.05, 4.69) is 5.43 Å². The Morgan fingerprint density at radius 3 is 2.47 bits per heavy atom. The molecule has 19 heavy (non-hydrogen) atoms. The van der Waals surface area contributed by atoms with Crippen LogP contribution in [0.5, 0.6) is 0 Å². The number of alkyl halides is 3. The van der Waals surface area contributed by atoms with Crippen LogP contribution in [0.4, 0.5) is 18.9 Å². The molecule has 0 unspecified atom stereocenters. The van der Waals surface area contributed by atoms with Gasteiger partial charge in [0.25, 0.3) is 5.91 Å². The average Bonchev–Trinajstić information content (AvgIpc) is 2.34. The second-order valence-corrected chi connectivity index (χ2v) is 4.11. The normalized spacial score (nSPS) is 11.3. The highest BCUT2D eigenvalue weighted by Crippen LogP contribution is 2.20. The lowest BCUT2D eigenvalue weighted by molar-refractivity contribution is -0.140. The van der Waals surface area contributed by atoms with E-state index in [0.717, 1.165) is 4.90 Å². The topological polar surface area (TPSA) is 58.4 Å². The zero-order chi connectivity index (χ0) is 14.6. The Bertz CT molecular complexity index is 460. The molecule has 0 saturated heterocycles. The maximum absolute atomic E-state index is 12.3. The minimum absolute atomic E-state index is 0.00567. The fraction of sp³-hybridized carbons (Fsp3) is 0.417. The fourth-order valence-electron chi connectivity index (χ4n) is 1.68. The number of benzene rings is 1. The van der Waals surface area contributed by atoms with Gasteiger partial charge in [0, 0.05) is 12.1 Å². The summed E-state index contributed by atoms with van der Waals surface area (Å²) in [6, 6.07) is 4.52. The first-order valence-corrected chi connectivity index (χ1v) is 5.71. The molecule has 0 saturated carbocycles. The molecule has 0 heterocycles. The van der Waals surface area contributed by atoms with E-state index in [-0.39, 0.29) is 12.1 Å². The Morgan fingerprint density at radius 1 is 1.42 bits per heavy atom. The van der Waals surface area contributed by atoms with Gasteiger partial charge < -0.3 is 10.3 Å². The number of rotatable bonds is 4. The van der Waals surface area contributed by atoms with Crippen LogP contribution < -0.4 is 11.3 Å². The van der Waals surface area contributed by atoms with E-state index in [9.17, 15) is 18.0 Å². The summed E-state index contributed by atoms with van der Waals surface area (Å²) in [7, 11) is 0. The number of hydrogen-bond donors (Lipinski definition) is 2. The second-order valence-electron chi connectivity index (χ2n) is 4.11. The highest BCUT2D eigenvalue weighted by molar-refractivity contribution is 5.95. The van der Waals surface area contributed by atoms with Crippen molar-refractivity contribution in [3.8, 4) is 0 Å². The summed E-state index contributed by atoms with van der Waals surface area (Å²) in [4.78, 5) is 12.7.